The Bertz CT molecular complexity index is 1080. The Balaban J connectivity index is 2.02. The zero-order chi connectivity index (χ0) is 20.1. The molecule has 0 aliphatic rings. The molecule has 0 saturated carbocycles. The topological polar surface area (TPSA) is 58.7 Å². The lowest BCUT2D eigenvalue weighted by molar-refractivity contribution is 0.703. The number of nitrogens with zero attached hydrogens (tertiary/aromatic N) is 3. The largest absolute Gasteiger partial charge is 0.300 e. The number of unbranched alkanes of at least 4 members (excludes halogenated alkanes) is 1. The minimum atomic E-state index is 0.00393. The van der Waals surface area contributed by atoms with Crippen LogP contribution in [0.1, 0.15) is 48.0 Å². The van der Waals surface area contributed by atoms with Crippen molar-refractivity contribution >= 4 is 0 Å². The highest BCUT2D eigenvalue weighted by atomic mass is 16.1. The molecule has 0 radical (unpaired) electrons. The third kappa shape index (κ3) is 4.04. The van der Waals surface area contributed by atoms with Crippen LogP contribution in [0.25, 0.3) is 11.1 Å². The first-order valence-electron chi connectivity index (χ1n) is 9.69. The van der Waals surface area contributed by atoms with E-state index in [-0.39, 0.29) is 5.56 Å². The van der Waals surface area contributed by atoms with Crippen LogP contribution in [0, 0.1) is 18.3 Å². The molecule has 0 N–H and O–H groups in total. The van der Waals surface area contributed by atoms with Crippen molar-refractivity contribution in [2.75, 3.05) is 0 Å². The Hall–Kier alpha value is -3.19. The number of hydrogen-bond acceptors (Lipinski definition) is 3. The fourth-order valence-corrected chi connectivity index (χ4v) is 3.41. The number of rotatable bonds is 6. The predicted octanol–water partition coefficient (Wildman–Crippen LogP) is 4.56. The molecular formula is C24H25N3O. The van der Waals surface area contributed by atoms with E-state index in [0.717, 1.165) is 53.0 Å². The fraction of sp³-hybridized carbons (Fsp3) is 0.292. The predicted molar refractivity (Wildman–Crippen MR) is 112 cm³/mol. The summed E-state index contributed by atoms with van der Waals surface area (Å²) in [5.41, 5.74) is 5.12. The Kier molecular flexibility index (Phi) is 6.06. The average Bonchev–Trinajstić information content (AvgIpc) is 2.73. The lowest BCUT2D eigenvalue weighted by atomic mass is 9.95. The van der Waals surface area contributed by atoms with Crippen LogP contribution in [0.2, 0.25) is 0 Å². The lowest BCUT2D eigenvalue weighted by Gasteiger charge is -2.13. The zero-order valence-electron chi connectivity index (χ0n) is 16.7. The van der Waals surface area contributed by atoms with E-state index in [1.165, 1.54) is 0 Å². The van der Waals surface area contributed by atoms with Crippen molar-refractivity contribution in [1.82, 2.24) is 9.55 Å². The molecule has 0 amide bonds. The molecule has 0 bridgehead atoms. The van der Waals surface area contributed by atoms with E-state index in [1.807, 2.05) is 55.5 Å². The highest BCUT2D eigenvalue weighted by Crippen LogP contribution is 2.25. The van der Waals surface area contributed by atoms with Crippen LogP contribution in [0.15, 0.2) is 53.3 Å². The molecule has 3 aromatic rings. The van der Waals surface area contributed by atoms with Crippen molar-refractivity contribution in [3.8, 4) is 17.2 Å². The van der Waals surface area contributed by atoms with Crippen LogP contribution in [-0.4, -0.2) is 9.55 Å². The van der Waals surface area contributed by atoms with Gasteiger partial charge in [0.2, 0.25) is 0 Å². The summed E-state index contributed by atoms with van der Waals surface area (Å²) >= 11 is 0. The molecule has 0 saturated heterocycles. The standard InChI is InChI=1S/C24H25N3O/c1-4-5-11-23-22(24(28)27(3)17(2)26-23)15-18-12-13-21(20(14-18)16-25)19-9-7-6-8-10-19/h6-10,12-14H,4-5,11,15H2,1-3H3. The van der Waals surface area contributed by atoms with Crippen LogP contribution in [0.5, 0.6) is 0 Å². The van der Waals surface area contributed by atoms with Crippen LogP contribution in [-0.2, 0) is 19.9 Å². The van der Waals surface area contributed by atoms with Crippen LogP contribution < -0.4 is 5.56 Å². The van der Waals surface area contributed by atoms with E-state index < -0.39 is 0 Å². The summed E-state index contributed by atoms with van der Waals surface area (Å²) in [5.74, 6) is 0.733. The van der Waals surface area contributed by atoms with Crippen LogP contribution in [0.4, 0.5) is 0 Å². The molecule has 4 heteroatoms. The third-order valence-corrected chi connectivity index (χ3v) is 5.13. The molecule has 3 rings (SSSR count). The first-order chi connectivity index (χ1) is 13.5. The molecule has 0 fully saturated rings. The summed E-state index contributed by atoms with van der Waals surface area (Å²) in [6.45, 7) is 4.00. The van der Waals surface area contributed by atoms with Gasteiger partial charge in [0.05, 0.1) is 17.3 Å². The number of nitriles is 1. The van der Waals surface area contributed by atoms with Crippen molar-refractivity contribution in [2.45, 2.75) is 39.5 Å². The van der Waals surface area contributed by atoms with E-state index in [2.05, 4.69) is 18.0 Å². The molecule has 0 unspecified atom stereocenters. The second kappa shape index (κ2) is 8.67. The number of aromatic nitrogens is 2. The lowest BCUT2D eigenvalue weighted by Crippen LogP contribution is -2.27. The summed E-state index contributed by atoms with van der Waals surface area (Å²) < 4.78 is 1.61. The molecule has 142 valence electrons. The van der Waals surface area contributed by atoms with Crippen molar-refractivity contribution in [2.24, 2.45) is 7.05 Å². The van der Waals surface area contributed by atoms with Crippen molar-refractivity contribution in [1.29, 1.82) is 5.26 Å². The third-order valence-electron chi connectivity index (χ3n) is 5.13. The van der Waals surface area contributed by atoms with E-state index in [1.54, 1.807) is 11.6 Å². The maximum absolute atomic E-state index is 12.9. The van der Waals surface area contributed by atoms with Gasteiger partial charge in [0, 0.05) is 19.0 Å². The highest BCUT2D eigenvalue weighted by Gasteiger charge is 2.14. The van der Waals surface area contributed by atoms with Gasteiger partial charge in [0.1, 0.15) is 5.82 Å². The van der Waals surface area contributed by atoms with Crippen LogP contribution in [0.3, 0.4) is 0 Å². The van der Waals surface area contributed by atoms with Gasteiger partial charge in [-0.3, -0.25) is 9.36 Å². The normalized spacial score (nSPS) is 10.6. The minimum Gasteiger partial charge on any atom is -0.300 e. The Morgan fingerprint density at radius 3 is 2.57 bits per heavy atom. The van der Waals surface area contributed by atoms with Gasteiger partial charge < -0.3 is 0 Å². The first kappa shape index (κ1) is 19.6. The monoisotopic (exact) mass is 371 g/mol. The average molecular weight is 371 g/mol. The van der Waals surface area contributed by atoms with Gasteiger partial charge in [-0.15, -0.1) is 0 Å². The van der Waals surface area contributed by atoms with E-state index in [0.29, 0.717) is 12.0 Å². The Morgan fingerprint density at radius 1 is 1.14 bits per heavy atom. The summed E-state index contributed by atoms with van der Waals surface area (Å²) in [6.07, 6.45) is 3.35. The first-order valence-corrected chi connectivity index (χ1v) is 9.69. The molecule has 4 nitrogen and oxygen atoms in total. The van der Waals surface area contributed by atoms with Gasteiger partial charge in [0.25, 0.3) is 5.56 Å². The molecule has 28 heavy (non-hydrogen) atoms. The highest BCUT2D eigenvalue weighted by molar-refractivity contribution is 5.71. The van der Waals surface area contributed by atoms with Gasteiger partial charge in [-0.2, -0.15) is 5.26 Å². The maximum Gasteiger partial charge on any atom is 0.257 e. The van der Waals surface area contributed by atoms with Crippen molar-refractivity contribution in [3.05, 3.63) is 87.1 Å². The van der Waals surface area contributed by atoms with E-state index in [4.69, 9.17) is 0 Å². The molecule has 0 aliphatic heterocycles. The Morgan fingerprint density at radius 2 is 1.89 bits per heavy atom. The number of hydrogen-bond donors (Lipinski definition) is 0. The van der Waals surface area contributed by atoms with Gasteiger partial charge in [0.15, 0.2) is 0 Å². The van der Waals surface area contributed by atoms with Crippen molar-refractivity contribution < 1.29 is 0 Å². The molecule has 2 aromatic carbocycles. The molecule has 0 aliphatic carbocycles. The van der Waals surface area contributed by atoms with Crippen LogP contribution >= 0.6 is 0 Å². The smallest absolute Gasteiger partial charge is 0.257 e. The van der Waals surface area contributed by atoms with Gasteiger partial charge in [-0.05, 0) is 42.5 Å². The van der Waals surface area contributed by atoms with E-state index in [9.17, 15) is 10.1 Å². The summed E-state index contributed by atoms with van der Waals surface area (Å²) in [4.78, 5) is 17.6. The van der Waals surface area contributed by atoms with Crippen molar-refractivity contribution in [3.63, 3.8) is 0 Å². The molecule has 0 spiro atoms. The second-order valence-corrected chi connectivity index (χ2v) is 7.09. The summed E-state index contributed by atoms with van der Waals surface area (Å²) in [6, 6.07) is 18.1. The Labute approximate surface area is 166 Å². The second-order valence-electron chi connectivity index (χ2n) is 7.09. The van der Waals surface area contributed by atoms with Gasteiger partial charge in [-0.25, -0.2) is 4.98 Å². The fourth-order valence-electron chi connectivity index (χ4n) is 3.41. The molecule has 0 atom stereocenters. The summed E-state index contributed by atoms with van der Waals surface area (Å²) in [7, 11) is 1.76. The number of aryl methyl sites for hydroxylation is 2. The zero-order valence-corrected chi connectivity index (χ0v) is 16.7. The quantitative estimate of drug-likeness (QED) is 0.638. The summed E-state index contributed by atoms with van der Waals surface area (Å²) in [5, 5.41) is 9.65. The van der Waals surface area contributed by atoms with Gasteiger partial charge in [-0.1, -0.05) is 55.8 Å². The van der Waals surface area contributed by atoms with Gasteiger partial charge >= 0.3 is 0 Å². The molecule has 1 heterocycles. The molecule has 1 aromatic heterocycles. The maximum atomic E-state index is 12.9. The van der Waals surface area contributed by atoms with E-state index >= 15 is 0 Å². The molecular weight excluding hydrogens is 346 g/mol. The number of benzene rings is 2. The SMILES string of the molecule is CCCCc1nc(C)n(C)c(=O)c1Cc1ccc(-c2ccccc2)c(C#N)c1. The minimum absolute atomic E-state index is 0.00393.